The molecule has 19 heavy (non-hydrogen) atoms. The number of nitrogens with zero attached hydrogens (tertiary/aromatic N) is 2. The Morgan fingerprint density at radius 3 is 2.95 bits per heavy atom. The third-order valence-corrected chi connectivity index (χ3v) is 2.59. The summed E-state index contributed by atoms with van der Waals surface area (Å²) >= 11 is 0. The quantitative estimate of drug-likeness (QED) is 0.696. The van der Waals surface area contributed by atoms with E-state index in [9.17, 15) is 4.79 Å². The van der Waals surface area contributed by atoms with E-state index in [2.05, 4.69) is 24.1 Å². The van der Waals surface area contributed by atoms with Crippen molar-refractivity contribution in [3.8, 4) is 0 Å². The topological polar surface area (TPSA) is 56.1 Å². The lowest BCUT2D eigenvalue weighted by atomic mass is 10.2. The second-order valence-corrected chi connectivity index (χ2v) is 5.02. The van der Waals surface area contributed by atoms with E-state index < -0.39 is 0 Å². The van der Waals surface area contributed by atoms with Gasteiger partial charge in [-0.05, 0) is 18.8 Å². The highest BCUT2D eigenvalue weighted by Crippen LogP contribution is 1.96. The SMILES string of the molecule is CCCn1ccnc(NCCCOCC(C)C)c1=O. The second kappa shape index (κ2) is 8.69. The molecule has 0 spiro atoms. The molecule has 0 atom stereocenters. The summed E-state index contributed by atoms with van der Waals surface area (Å²) in [6, 6.07) is 0. The maximum atomic E-state index is 12.0. The number of nitrogens with one attached hydrogen (secondary N) is 1. The molecule has 0 saturated carbocycles. The van der Waals surface area contributed by atoms with E-state index in [1.54, 1.807) is 17.0 Å². The molecule has 0 amide bonds. The van der Waals surface area contributed by atoms with Crippen LogP contribution in [0.3, 0.4) is 0 Å². The molecule has 0 bridgehead atoms. The van der Waals surface area contributed by atoms with E-state index in [1.807, 2.05) is 6.92 Å². The molecule has 0 aliphatic heterocycles. The Morgan fingerprint density at radius 2 is 2.26 bits per heavy atom. The number of hydrogen-bond donors (Lipinski definition) is 1. The molecule has 0 radical (unpaired) electrons. The van der Waals surface area contributed by atoms with Crippen LogP contribution in [-0.4, -0.2) is 29.3 Å². The normalized spacial score (nSPS) is 10.9. The largest absolute Gasteiger partial charge is 0.381 e. The van der Waals surface area contributed by atoms with Crippen LogP contribution in [0, 0.1) is 5.92 Å². The van der Waals surface area contributed by atoms with Crippen molar-refractivity contribution in [1.82, 2.24) is 9.55 Å². The summed E-state index contributed by atoms with van der Waals surface area (Å²) in [6.45, 7) is 9.23. The predicted octanol–water partition coefficient (Wildman–Crippen LogP) is 2.13. The number of aryl methyl sites for hydroxylation is 1. The molecule has 1 aromatic rings. The minimum atomic E-state index is -0.0487. The van der Waals surface area contributed by atoms with Crippen LogP contribution in [0.15, 0.2) is 17.2 Å². The third-order valence-electron chi connectivity index (χ3n) is 2.59. The van der Waals surface area contributed by atoms with Crippen LogP contribution in [0.4, 0.5) is 5.82 Å². The average molecular weight is 267 g/mol. The van der Waals surface area contributed by atoms with Crippen LogP contribution in [0.5, 0.6) is 0 Å². The molecule has 0 aliphatic carbocycles. The van der Waals surface area contributed by atoms with Gasteiger partial charge < -0.3 is 14.6 Å². The Hall–Kier alpha value is -1.36. The number of anilines is 1. The summed E-state index contributed by atoms with van der Waals surface area (Å²) < 4.78 is 7.17. The van der Waals surface area contributed by atoms with E-state index in [4.69, 9.17) is 4.74 Å². The summed E-state index contributed by atoms with van der Waals surface area (Å²) in [4.78, 5) is 16.1. The van der Waals surface area contributed by atoms with E-state index >= 15 is 0 Å². The number of aromatic nitrogens is 2. The first kappa shape index (κ1) is 15.7. The second-order valence-electron chi connectivity index (χ2n) is 5.02. The third kappa shape index (κ3) is 5.87. The van der Waals surface area contributed by atoms with Crippen LogP contribution in [-0.2, 0) is 11.3 Å². The Bertz CT molecular complexity index is 415. The molecule has 5 nitrogen and oxygen atoms in total. The Labute approximate surface area is 115 Å². The number of hydrogen-bond acceptors (Lipinski definition) is 4. The summed E-state index contributed by atoms with van der Waals surface area (Å²) in [6.07, 6.45) is 5.19. The van der Waals surface area contributed by atoms with Crippen LogP contribution >= 0.6 is 0 Å². The van der Waals surface area contributed by atoms with Crippen molar-refractivity contribution in [2.24, 2.45) is 5.92 Å². The minimum absolute atomic E-state index is 0.0487. The van der Waals surface area contributed by atoms with Gasteiger partial charge in [-0.3, -0.25) is 4.79 Å². The molecular formula is C14H25N3O2. The molecule has 108 valence electrons. The van der Waals surface area contributed by atoms with Crippen LogP contribution in [0.2, 0.25) is 0 Å². The molecule has 5 heteroatoms. The van der Waals surface area contributed by atoms with Crippen molar-refractivity contribution in [1.29, 1.82) is 0 Å². The summed E-state index contributed by atoms with van der Waals surface area (Å²) in [5.74, 6) is 0.991. The molecular weight excluding hydrogens is 242 g/mol. The van der Waals surface area contributed by atoms with Crippen molar-refractivity contribution in [2.45, 2.75) is 40.2 Å². The zero-order valence-electron chi connectivity index (χ0n) is 12.2. The smallest absolute Gasteiger partial charge is 0.293 e. The van der Waals surface area contributed by atoms with Crippen molar-refractivity contribution < 1.29 is 4.74 Å². The fraction of sp³-hybridized carbons (Fsp3) is 0.714. The van der Waals surface area contributed by atoms with Crippen LogP contribution in [0.1, 0.15) is 33.6 Å². The van der Waals surface area contributed by atoms with Gasteiger partial charge in [-0.15, -0.1) is 0 Å². The molecule has 0 saturated heterocycles. The van der Waals surface area contributed by atoms with Crippen molar-refractivity contribution in [3.63, 3.8) is 0 Å². The van der Waals surface area contributed by atoms with Gasteiger partial charge in [-0.1, -0.05) is 20.8 Å². The van der Waals surface area contributed by atoms with Gasteiger partial charge in [-0.25, -0.2) is 4.98 Å². The molecule has 0 fully saturated rings. The zero-order valence-corrected chi connectivity index (χ0v) is 12.2. The predicted molar refractivity (Wildman–Crippen MR) is 77.6 cm³/mol. The van der Waals surface area contributed by atoms with E-state index in [-0.39, 0.29) is 5.56 Å². The first-order valence-electron chi connectivity index (χ1n) is 7.02. The van der Waals surface area contributed by atoms with Gasteiger partial charge in [0.15, 0.2) is 5.82 Å². The minimum Gasteiger partial charge on any atom is -0.381 e. The van der Waals surface area contributed by atoms with Crippen molar-refractivity contribution in [3.05, 3.63) is 22.7 Å². The summed E-state index contributed by atoms with van der Waals surface area (Å²) in [7, 11) is 0. The van der Waals surface area contributed by atoms with Crippen molar-refractivity contribution in [2.75, 3.05) is 25.1 Å². The van der Waals surface area contributed by atoms with Gasteiger partial charge in [0.05, 0.1) is 0 Å². The molecule has 1 N–H and O–H groups in total. The first-order valence-corrected chi connectivity index (χ1v) is 7.02. The van der Waals surface area contributed by atoms with E-state index in [0.717, 1.165) is 26.0 Å². The van der Waals surface area contributed by atoms with E-state index in [0.29, 0.717) is 24.9 Å². The number of rotatable bonds is 9. The van der Waals surface area contributed by atoms with Gasteiger partial charge in [0.1, 0.15) is 0 Å². The standard InChI is InChI=1S/C14H25N3O2/c1-4-8-17-9-7-16-13(14(17)18)15-6-5-10-19-11-12(2)3/h7,9,12H,4-6,8,10-11H2,1-3H3,(H,15,16). The number of ether oxygens (including phenoxy) is 1. The van der Waals surface area contributed by atoms with E-state index in [1.165, 1.54) is 0 Å². The van der Waals surface area contributed by atoms with Crippen LogP contribution in [0.25, 0.3) is 0 Å². The first-order chi connectivity index (χ1) is 9.15. The van der Waals surface area contributed by atoms with Crippen molar-refractivity contribution >= 4 is 5.82 Å². The molecule has 0 aromatic carbocycles. The highest BCUT2D eigenvalue weighted by atomic mass is 16.5. The zero-order chi connectivity index (χ0) is 14.1. The highest BCUT2D eigenvalue weighted by molar-refractivity contribution is 5.30. The fourth-order valence-corrected chi connectivity index (χ4v) is 1.69. The molecule has 1 aromatic heterocycles. The van der Waals surface area contributed by atoms with Gasteiger partial charge in [0.25, 0.3) is 5.56 Å². The molecule has 1 rings (SSSR count). The van der Waals surface area contributed by atoms with Gasteiger partial charge in [-0.2, -0.15) is 0 Å². The maximum Gasteiger partial charge on any atom is 0.293 e. The van der Waals surface area contributed by atoms with Gasteiger partial charge in [0, 0.05) is 38.7 Å². The lowest BCUT2D eigenvalue weighted by molar-refractivity contribution is 0.110. The molecule has 0 unspecified atom stereocenters. The summed E-state index contributed by atoms with van der Waals surface area (Å²) in [5, 5.41) is 3.08. The average Bonchev–Trinajstić information content (AvgIpc) is 2.37. The van der Waals surface area contributed by atoms with Gasteiger partial charge in [0.2, 0.25) is 0 Å². The molecule has 0 aliphatic rings. The molecule has 1 heterocycles. The Balaban J connectivity index is 2.33. The monoisotopic (exact) mass is 267 g/mol. The lowest BCUT2D eigenvalue weighted by Crippen LogP contribution is -2.24. The highest BCUT2D eigenvalue weighted by Gasteiger charge is 2.03. The Morgan fingerprint density at radius 1 is 1.47 bits per heavy atom. The maximum absolute atomic E-state index is 12.0. The van der Waals surface area contributed by atoms with Crippen LogP contribution < -0.4 is 10.9 Å². The Kier molecular flexibility index (Phi) is 7.18. The lowest BCUT2D eigenvalue weighted by Gasteiger charge is -2.09. The fourth-order valence-electron chi connectivity index (χ4n) is 1.69. The van der Waals surface area contributed by atoms with Gasteiger partial charge >= 0.3 is 0 Å². The summed E-state index contributed by atoms with van der Waals surface area (Å²) in [5.41, 5.74) is -0.0487.